The summed E-state index contributed by atoms with van der Waals surface area (Å²) in [7, 11) is 8.56. The van der Waals surface area contributed by atoms with Gasteiger partial charge in [0.2, 0.25) is 0 Å². The van der Waals surface area contributed by atoms with Crippen LogP contribution in [0.4, 0.5) is 0 Å². The minimum Gasteiger partial charge on any atom is -0.870 e. The molecule has 0 fully saturated rings. The number of hydrazone groups is 4. The molecule has 4 amide bonds. The Labute approximate surface area is 623 Å². The van der Waals surface area contributed by atoms with E-state index in [0.717, 1.165) is 47.8 Å². The molecular formula is C55H80Dy2N14O27. The predicted octanol–water partition coefficient (Wildman–Crippen LogP) is 0.709. The van der Waals surface area contributed by atoms with Gasteiger partial charge in [-0.2, -0.15) is 20.4 Å². The summed E-state index contributed by atoms with van der Waals surface area (Å²) in [4.78, 5) is 61.1. The van der Waals surface area contributed by atoms with Gasteiger partial charge in [-0.15, -0.1) is 0 Å². The van der Waals surface area contributed by atoms with Gasteiger partial charge < -0.3 is 116 Å². The van der Waals surface area contributed by atoms with Crippen LogP contribution in [-0.2, 0) is 28.7 Å². The van der Waals surface area contributed by atoms with E-state index < -0.39 is 33.8 Å². The van der Waals surface area contributed by atoms with Crippen molar-refractivity contribution < 1.29 is 191 Å². The summed E-state index contributed by atoms with van der Waals surface area (Å²) in [6.07, 6.45) is 4.75. The number of benzene rings is 4. The van der Waals surface area contributed by atoms with Gasteiger partial charge in [0.25, 0.3) is 23.6 Å². The van der Waals surface area contributed by atoms with Crippen LogP contribution in [0.25, 0.3) is 0 Å². The maximum absolute atomic E-state index is 11.7. The first-order valence-corrected chi connectivity index (χ1v) is 26.3. The van der Waals surface area contributed by atoms with Gasteiger partial charge in [-0.25, -0.2) is 21.7 Å². The maximum atomic E-state index is 11.7. The Morgan fingerprint density at radius 3 is 0.653 bits per heavy atom. The van der Waals surface area contributed by atoms with Gasteiger partial charge in [0.05, 0.1) is 63.5 Å². The van der Waals surface area contributed by atoms with E-state index >= 15 is 0 Å². The molecule has 41 nitrogen and oxygen atoms in total. The van der Waals surface area contributed by atoms with Gasteiger partial charge in [0.15, 0.2) is 0 Å². The third kappa shape index (κ3) is 55.7. The van der Waals surface area contributed by atoms with E-state index in [9.17, 15) is 39.6 Å². The molecule has 0 aromatic heterocycles. The molecule has 4 aromatic rings. The number of ether oxygens (including phenoxy) is 6. The zero-order valence-corrected chi connectivity index (χ0v) is 59.5. The molecule has 0 aliphatic rings. The zero-order valence-electron chi connectivity index (χ0n) is 55.5. The summed E-state index contributed by atoms with van der Waals surface area (Å²) >= 11 is 0. The van der Waals surface area contributed by atoms with Crippen LogP contribution >= 0.6 is 0 Å². The van der Waals surface area contributed by atoms with Crippen LogP contribution in [0.2, 0.25) is 0 Å². The number of methoxy groups -OCH3 is 4. The molecule has 2 radical (unpaired) electrons. The first kappa shape index (κ1) is 107. The Bertz CT molecular complexity index is 2690. The molecule has 11 N–H and O–H groups in total. The Balaban J connectivity index is -0.000000137. The van der Waals surface area contributed by atoms with Crippen LogP contribution in [0.15, 0.2) is 114 Å². The molecule has 0 aliphatic heterocycles. The van der Waals surface area contributed by atoms with Crippen LogP contribution in [0.5, 0.6) is 46.0 Å². The summed E-state index contributed by atoms with van der Waals surface area (Å²) < 4.78 is 29.1. The second-order valence-corrected chi connectivity index (χ2v) is 15.1. The van der Waals surface area contributed by atoms with E-state index in [1.807, 2.05) is 27.7 Å². The topological polar surface area (TPSA) is 637 Å². The van der Waals surface area contributed by atoms with E-state index in [-0.39, 0.29) is 167 Å². The number of para-hydroxylation sites is 4. The van der Waals surface area contributed by atoms with E-state index in [4.69, 9.17) is 95.2 Å². The molecule has 0 bridgehead atoms. The molecule has 4 rings (SSSR count). The number of carbonyl (C=O) groups excluding carboxylic acids is 4. The molecule has 43 heteroatoms. The molecule has 0 saturated carbocycles. The third-order valence-electron chi connectivity index (χ3n) is 9.13. The predicted molar refractivity (Wildman–Crippen MR) is 342 cm³/mol. The SMILES string of the molecule is CCOCC.CCOCC.CO.CO.CO.COc1cccc(/C=N/NC(=O)/C(C)=N/O)c1[O-].COc1cccc(/C=N/NC(=O)/C(C)=N/O)c1[O-].COc1cccc(/C=N/NC(=O)/C(C)=N/O)c1[O-].COc1cccc(/C=N/NC(=O)/C(C)=N/O)c1[O-].O=[N+]([O-])[O-].O=[N+]([O-])[O-].[Dy+3].[Dy+3]. The van der Waals surface area contributed by atoms with Crippen LogP contribution in [0.3, 0.4) is 0 Å². The summed E-state index contributed by atoms with van der Waals surface area (Å²) in [6, 6.07) is 18.8. The zero-order chi connectivity index (χ0) is 75.6. The van der Waals surface area contributed by atoms with Crippen molar-refractivity contribution in [2.24, 2.45) is 41.0 Å². The average molecular weight is 1690 g/mol. The molecule has 0 spiro atoms. The summed E-state index contributed by atoms with van der Waals surface area (Å²) in [5, 5.41) is 156. The van der Waals surface area contributed by atoms with Gasteiger partial charge >= 0.3 is 76.3 Å². The second kappa shape index (κ2) is 73.3. The monoisotopic (exact) mass is 1700 g/mol. The number of aliphatic hydroxyl groups excluding tert-OH is 3. The van der Waals surface area contributed by atoms with Crippen molar-refractivity contribution in [2.45, 2.75) is 55.4 Å². The second-order valence-electron chi connectivity index (χ2n) is 15.1. The van der Waals surface area contributed by atoms with Gasteiger partial charge in [-0.3, -0.25) is 19.2 Å². The molecular weight excluding hydrogens is 1610 g/mol. The number of aliphatic hydroxyl groups is 3. The number of amides is 4. The number of hydrogen-bond donors (Lipinski definition) is 11. The van der Waals surface area contributed by atoms with E-state index in [1.165, 1.54) is 130 Å². The normalized spacial score (nSPS) is 10.0. The smallest absolute Gasteiger partial charge is 0.870 e. The van der Waals surface area contributed by atoms with Gasteiger partial charge in [0.1, 0.15) is 45.8 Å². The summed E-state index contributed by atoms with van der Waals surface area (Å²) in [5.74, 6) is -3.19. The number of nitrogens with one attached hydrogen (secondary N) is 4. The molecule has 0 heterocycles. The summed E-state index contributed by atoms with van der Waals surface area (Å²) in [6.45, 7) is 16.6. The molecule has 0 atom stereocenters. The van der Waals surface area contributed by atoms with Crippen LogP contribution in [-0.4, -0.2) is 194 Å². The molecule has 0 saturated heterocycles. The third-order valence-corrected chi connectivity index (χ3v) is 9.13. The molecule has 0 unspecified atom stereocenters. The van der Waals surface area contributed by atoms with Gasteiger partial charge in [0, 0.05) is 47.8 Å². The minimum absolute atomic E-state index is 0. The number of carbonyl (C=O) groups is 4. The first-order chi connectivity index (χ1) is 45.7. The Hall–Kier alpha value is -9.53. The minimum atomic E-state index is -1.75. The largest absolute Gasteiger partial charge is 3.00 e. The summed E-state index contributed by atoms with van der Waals surface area (Å²) in [5.41, 5.74) is 8.96. The fourth-order valence-corrected chi connectivity index (χ4v) is 4.74. The van der Waals surface area contributed by atoms with Crippen LogP contribution in [0.1, 0.15) is 77.6 Å². The Kier molecular flexibility index (Phi) is 80.1. The fourth-order valence-electron chi connectivity index (χ4n) is 4.74. The quantitative estimate of drug-likeness (QED) is 0.0251. The van der Waals surface area contributed by atoms with Crippen LogP contribution < -0.4 is 61.1 Å². The standard InChI is InChI=1S/4C11H13N3O4.2C4H10O.3CH4O.2Dy.2NO3/c4*1-7(14-17)11(16)13-12-6-8-4-3-5-9(18-2)10(8)15;2*1-3-5-4-2;3*1-2;;;2*2-1(3)4/h4*3-6,15,17H,1-2H3,(H,13,16);2*3-4H2,1-2H3;3*2H,1H3;;;;/q;;;;;;;;;2*+3;2*-1/p-4/b4*12-6+,14-7+;;;;;;;;;. The molecule has 98 heavy (non-hydrogen) atoms. The fraction of sp³-hybridized carbons (Fsp3) is 0.345. The molecule has 4 aromatic carbocycles. The van der Waals surface area contributed by atoms with Crippen molar-refractivity contribution >= 4 is 71.3 Å². The number of nitrogens with zero attached hydrogens (tertiary/aromatic N) is 10. The van der Waals surface area contributed by atoms with Crippen molar-refractivity contribution in [1.82, 2.24) is 21.7 Å². The van der Waals surface area contributed by atoms with E-state index in [2.05, 4.69) is 62.7 Å². The van der Waals surface area contributed by atoms with Crippen molar-refractivity contribution in [3.8, 4) is 46.0 Å². The van der Waals surface area contributed by atoms with E-state index in [0.29, 0.717) is 0 Å². The Morgan fingerprint density at radius 1 is 0.388 bits per heavy atom. The van der Waals surface area contributed by atoms with Crippen molar-refractivity contribution in [3.05, 3.63) is 126 Å². The van der Waals surface area contributed by atoms with Gasteiger partial charge in [-0.05, 0) is 102 Å². The number of hydrogen-bond acceptors (Lipinski definition) is 35. The van der Waals surface area contributed by atoms with Crippen molar-refractivity contribution in [3.63, 3.8) is 0 Å². The number of rotatable bonds is 20. The Morgan fingerprint density at radius 2 is 0.541 bits per heavy atom. The van der Waals surface area contributed by atoms with Crippen molar-refractivity contribution in [2.75, 3.05) is 76.2 Å². The molecule has 552 valence electrons. The van der Waals surface area contributed by atoms with E-state index in [1.54, 1.807) is 24.3 Å². The number of oxime groups is 4. The first-order valence-electron chi connectivity index (χ1n) is 26.3. The van der Waals surface area contributed by atoms with Crippen LogP contribution in [0, 0.1) is 107 Å². The van der Waals surface area contributed by atoms with Gasteiger partial charge in [-0.1, -0.05) is 92.2 Å². The molecule has 0 aliphatic carbocycles. The van der Waals surface area contributed by atoms with Crippen molar-refractivity contribution in [1.29, 1.82) is 0 Å². The maximum Gasteiger partial charge on any atom is 3.00 e. The average Bonchev–Trinajstić information content (AvgIpc) is 1.02.